The van der Waals surface area contributed by atoms with Gasteiger partial charge in [0.15, 0.2) is 0 Å². The van der Waals surface area contributed by atoms with Gasteiger partial charge in [-0.15, -0.1) is 0 Å². The largest absolute Gasteiger partial charge is 0.493 e. The van der Waals surface area contributed by atoms with E-state index < -0.39 is 10.0 Å². The Morgan fingerprint density at radius 2 is 2.26 bits per heavy atom. The molecule has 2 heterocycles. The molecule has 1 N–H and O–H groups in total. The van der Waals surface area contributed by atoms with E-state index in [2.05, 4.69) is 23.5 Å². The summed E-state index contributed by atoms with van der Waals surface area (Å²) in [4.78, 5) is 2.72. The molecule has 0 spiro atoms. The fourth-order valence-corrected chi connectivity index (χ4v) is 4.57. The Morgan fingerprint density at radius 1 is 1.43 bits per heavy atom. The highest BCUT2D eigenvalue weighted by molar-refractivity contribution is 7.89. The fourth-order valence-electron chi connectivity index (χ4n) is 3.40. The summed E-state index contributed by atoms with van der Waals surface area (Å²) in [5.41, 5.74) is 0.978. The van der Waals surface area contributed by atoms with E-state index in [-0.39, 0.29) is 6.04 Å². The molecule has 0 amide bonds. The lowest BCUT2D eigenvalue weighted by Crippen LogP contribution is -2.46. The molecule has 0 aromatic heterocycles. The minimum absolute atomic E-state index is 0.213. The predicted octanol–water partition coefficient (Wildman–Crippen LogP) is 2.02. The Labute approximate surface area is 139 Å². The number of piperidine rings is 1. The van der Waals surface area contributed by atoms with Gasteiger partial charge in [0.05, 0.1) is 11.5 Å². The molecule has 1 aromatic carbocycles. The summed E-state index contributed by atoms with van der Waals surface area (Å²) in [6.45, 7) is 7.55. The number of benzene rings is 1. The second-order valence-electron chi connectivity index (χ2n) is 6.81. The van der Waals surface area contributed by atoms with Crippen LogP contribution in [0.1, 0.15) is 32.3 Å². The summed E-state index contributed by atoms with van der Waals surface area (Å²) in [6.07, 6.45) is 3.25. The molecule has 2 aliphatic heterocycles. The van der Waals surface area contributed by atoms with E-state index in [1.165, 1.54) is 12.8 Å². The van der Waals surface area contributed by atoms with Gasteiger partial charge in [-0.3, -0.25) is 4.90 Å². The van der Waals surface area contributed by atoms with Crippen LogP contribution in [0.5, 0.6) is 5.75 Å². The maximum Gasteiger partial charge on any atom is 0.240 e. The smallest absolute Gasteiger partial charge is 0.240 e. The zero-order valence-corrected chi connectivity index (χ0v) is 14.7. The van der Waals surface area contributed by atoms with Crippen molar-refractivity contribution in [1.29, 1.82) is 0 Å². The van der Waals surface area contributed by atoms with E-state index in [9.17, 15) is 8.42 Å². The second kappa shape index (κ2) is 6.79. The summed E-state index contributed by atoms with van der Waals surface area (Å²) in [7, 11) is -3.46. The Bertz CT molecular complexity index is 660. The lowest BCUT2D eigenvalue weighted by atomic mass is 9.99. The van der Waals surface area contributed by atoms with Crippen LogP contribution in [-0.2, 0) is 16.4 Å². The number of sulfonamides is 1. The zero-order chi connectivity index (χ0) is 16.4. The van der Waals surface area contributed by atoms with Crippen molar-refractivity contribution in [3.63, 3.8) is 0 Å². The van der Waals surface area contributed by atoms with Crippen LogP contribution in [0.4, 0.5) is 0 Å². The van der Waals surface area contributed by atoms with Crippen LogP contribution >= 0.6 is 0 Å². The van der Waals surface area contributed by atoms with Gasteiger partial charge in [0.1, 0.15) is 5.75 Å². The Balaban J connectivity index is 1.62. The molecular weight excluding hydrogens is 312 g/mol. The fraction of sp³-hybridized carbons (Fsp3) is 0.647. The monoisotopic (exact) mass is 338 g/mol. The molecule has 128 valence electrons. The lowest BCUT2D eigenvalue weighted by molar-refractivity contribution is 0.140. The van der Waals surface area contributed by atoms with Crippen molar-refractivity contribution in [2.24, 2.45) is 5.92 Å². The lowest BCUT2D eigenvalue weighted by Gasteiger charge is -2.35. The van der Waals surface area contributed by atoms with Crippen LogP contribution in [0.2, 0.25) is 0 Å². The first-order valence-electron chi connectivity index (χ1n) is 8.45. The molecule has 6 heteroatoms. The van der Waals surface area contributed by atoms with Gasteiger partial charge < -0.3 is 4.74 Å². The molecule has 2 atom stereocenters. The van der Waals surface area contributed by atoms with Crippen molar-refractivity contribution in [2.45, 2.75) is 44.0 Å². The third-order valence-corrected chi connectivity index (χ3v) is 6.27. The third-order valence-electron chi connectivity index (χ3n) is 4.85. The first kappa shape index (κ1) is 16.7. The number of ether oxygens (including phenoxy) is 1. The highest BCUT2D eigenvalue weighted by atomic mass is 32.2. The Morgan fingerprint density at radius 3 is 3.04 bits per heavy atom. The van der Waals surface area contributed by atoms with E-state index in [0.717, 1.165) is 30.8 Å². The maximum atomic E-state index is 12.5. The van der Waals surface area contributed by atoms with Gasteiger partial charge in [0, 0.05) is 25.6 Å². The van der Waals surface area contributed by atoms with Crippen molar-refractivity contribution in [3.05, 3.63) is 23.8 Å². The van der Waals surface area contributed by atoms with Crippen LogP contribution < -0.4 is 9.46 Å². The van der Waals surface area contributed by atoms with Gasteiger partial charge >= 0.3 is 0 Å². The van der Waals surface area contributed by atoms with Crippen LogP contribution in [0.3, 0.4) is 0 Å². The minimum Gasteiger partial charge on any atom is -0.493 e. The standard InChI is InChI=1S/C17H26N2O3S/c1-13-4-3-8-19(12-13)14(2)11-18-23(20,21)16-5-6-17-15(10-16)7-9-22-17/h5-6,10,13-14,18H,3-4,7-9,11-12H2,1-2H3/t13-,14-/m1/s1. The topological polar surface area (TPSA) is 58.6 Å². The zero-order valence-electron chi connectivity index (χ0n) is 13.9. The molecule has 1 aromatic rings. The second-order valence-corrected chi connectivity index (χ2v) is 8.58. The highest BCUT2D eigenvalue weighted by Crippen LogP contribution is 2.27. The number of likely N-dealkylation sites (tertiary alicyclic amines) is 1. The normalized spacial score (nSPS) is 23.3. The van der Waals surface area contributed by atoms with Crippen molar-refractivity contribution in [3.8, 4) is 5.75 Å². The molecule has 23 heavy (non-hydrogen) atoms. The average Bonchev–Trinajstić information content (AvgIpc) is 3.00. The van der Waals surface area contributed by atoms with Crippen LogP contribution in [0.25, 0.3) is 0 Å². The Hall–Kier alpha value is -1.11. The minimum atomic E-state index is -3.46. The van der Waals surface area contributed by atoms with Crippen LogP contribution in [0.15, 0.2) is 23.1 Å². The number of rotatable bonds is 5. The first-order valence-corrected chi connectivity index (χ1v) is 9.93. The number of hydrogen-bond donors (Lipinski definition) is 1. The predicted molar refractivity (Wildman–Crippen MR) is 90.3 cm³/mol. The molecule has 0 radical (unpaired) electrons. The van der Waals surface area contributed by atoms with Crippen molar-refractivity contribution >= 4 is 10.0 Å². The van der Waals surface area contributed by atoms with Gasteiger partial charge in [0.2, 0.25) is 10.0 Å². The number of fused-ring (bicyclic) bond motifs is 1. The summed E-state index contributed by atoms with van der Waals surface area (Å²) in [5.74, 6) is 1.50. The third kappa shape index (κ3) is 3.87. The average molecular weight is 338 g/mol. The van der Waals surface area contributed by atoms with Gasteiger partial charge in [-0.1, -0.05) is 6.92 Å². The van der Waals surface area contributed by atoms with Crippen molar-refractivity contribution in [1.82, 2.24) is 9.62 Å². The SMILES string of the molecule is C[C@@H]1CCCN([C@H](C)CNS(=O)(=O)c2ccc3c(c2)CCO3)C1. The van der Waals surface area contributed by atoms with E-state index in [0.29, 0.717) is 24.0 Å². The van der Waals surface area contributed by atoms with Gasteiger partial charge in [-0.25, -0.2) is 13.1 Å². The number of nitrogens with zero attached hydrogens (tertiary/aromatic N) is 1. The van der Waals surface area contributed by atoms with Crippen LogP contribution in [0, 0.1) is 5.92 Å². The molecule has 0 saturated carbocycles. The first-order chi connectivity index (χ1) is 11.0. The molecular formula is C17H26N2O3S. The van der Waals surface area contributed by atoms with E-state index in [1.807, 2.05) is 0 Å². The van der Waals surface area contributed by atoms with Crippen molar-refractivity contribution < 1.29 is 13.2 Å². The van der Waals surface area contributed by atoms with E-state index in [4.69, 9.17) is 4.74 Å². The quantitative estimate of drug-likeness (QED) is 0.892. The van der Waals surface area contributed by atoms with Gasteiger partial charge in [-0.05, 0) is 56.0 Å². The summed E-state index contributed by atoms with van der Waals surface area (Å²) >= 11 is 0. The maximum absolute atomic E-state index is 12.5. The molecule has 0 unspecified atom stereocenters. The summed E-state index contributed by atoms with van der Waals surface area (Å²) in [6, 6.07) is 5.33. The summed E-state index contributed by atoms with van der Waals surface area (Å²) < 4.78 is 33.2. The molecule has 0 aliphatic carbocycles. The number of hydrogen-bond acceptors (Lipinski definition) is 4. The molecule has 1 fully saturated rings. The van der Waals surface area contributed by atoms with Crippen LogP contribution in [-0.4, -0.2) is 45.6 Å². The van der Waals surface area contributed by atoms with E-state index in [1.54, 1.807) is 18.2 Å². The van der Waals surface area contributed by atoms with Gasteiger partial charge in [-0.2, -0.15) is 0 Å². The van der Waals surface area contributed by atoms with E-state index >= 15 is 0 Å². The van der Waals surface area contributed by atoms with Gasteiger partial charge in [0.25, 0.3) is 0 Å². The molecule has 1 saturated heterocycles. The molecule has 3 rings (SSSR count). The number of nitrogens with one attached hydrogen (secondary N) is 1. The highest BCUT2D eigenvalue weighted by Gasteiger charge is 2.24. The Kier molecular flexibility index (Phi) is 4.94. The molecule has 0 bridgehead atoms. The molecule has 5 nitrogen and oxygen atoms in total. The molecule has 2 aliphatic rings. The summed E-state index contributed by atoms with van der Waals surface area (Å²) in [5, 5.41) is 0. The van der Waals surface area contributed by atoms with Crippen molar-refractivity contribution in [2.75, 3.05) is 26.2 Å².